The molecular weight excluding hydrogens is 523 g/mol. The molecule has 0 amide bonds. The number of carbonyl (C=O) groups excluding carboxylic acids is 3. The van der Waals surface area contributed by atoms with Crippen LogP contribution in [0, 0.1) is 29.5 Å². The predicted octanol–water partition coefficient (Wildman–Crippen LogP) is 2.86. The van der Waals surface area contributed by atoms with Crippen LogP contribution >= 0.6 is 0 Å². The number of carbonyl (C=O) groups is 3. The molecule has 5 rings (SSSR count). The quantitative estimate of drug-likeness (QED) is 0.210. The average molecular weight is 553 g/mol. The Balaban J connectivity index is 1.31. The van der Waals surface area contributed by atoms with Crippen LogP contribution in [0.5, 0.6) is 5.75 Å². The zero-order valence-electron chi connectivity index (χ0n) is 20.5. The maximum absolute atomic E-state index is 14.6. The molecular formula is C26H29FO10S. The molecule has 10 nitrogen and oxygen atoms in total. The van der Waals surface area contributed by atoms with Gasteiger partial charge in [0.1, 0.15) is 30.2 Å². The fourth-order valence-electron chi connectivity index (χ4n) is 6.43. The van der Waals surface area contributed by atoms with E-state index >= 15 is 0 Å². The van der Waals surface area contributed by atoms with E-state index in [2.05, 4.69) is 6.58 Å². The molecule has 1 N–H and O–H groups in total. The van der Waals surface area contributed by atoms with Crippen LogP contribution in [0.2, 0.25) is 0 Å². The van der Waals surface area contributed by atoms with Gasteiger partial charge in [0.15, 0.2) is 11.6 Å². The molecule has 1 aliphatic heterocycles. The molecule has 6 unspecified atom stereocenters. The van der Waals surface area contributed by atoms with Crippen molar-refractivity contribution < 1.29 is 50.7 Å². The first-order chi connectivity index (χ1) is 18.0. The van der Waals surface area contributed by atoms with Crippen molar-refractivity contribution >= 4 is 28.0 Å². The molecule has 1 aromatic carbocycles. The Labute approximate surface area is 219 Å². The van der Waals surface area contributed by atoms with Gasteiger partial charge in [0, 0.05) is 11.8 Å². The zero-order chi connectivity index (χ0) is 27.2. The first kappa shape index (κ1) is 26.6. The van der Waals surface area contributed by atoms with E-state index in [-0.39, 0.29) is 17.2 Å². The molecule has 2 bridgehead atoms. The number of halogens is 1. The molecule has 206 valence electrons. The van der Waals surface area contributed by atoms with E-state index in [4.69, 9.17) is 23.5 Å². The van der Waals surface area contributed by atoms with Crippen molar-refractivity contribution in [2.45, 2.75) is 56.3 Å². The molecule has 3 saturated carbocycles. The molecule has 0 spiro atoms. The first-order valence-corrected chi connectivity index (χ1v) is 14.3. The minimum atomic E-state index is -4.34. The summed E-state index contributed by atoms with van der Waals surface area (Å²) in [6.07, 6.45) is 4.67. The van der Waals surface area contributed by atoms with Crippen LogP contribution in [0.4, 0.5) is 4.39 Å². The predicted molar refractivity (Wildman–Crippen MR) is 128 cm³/mol. The topological polar surface area (TPSA) is 142 Å². The molecule has 38 heavy (non-hydrogen) atoms. The summed E-state index contributed by atoms with van der Waals surface area (Å²) < 4.78 is 67.6. The maximum Gasteiger partial charge on any atom is 0.338 e. The summed E-state index contributed by atoms with van der Waals surface area (Å²) in [4.78, 5) is 38.4. The van der Waals surface area contributed by atoms with E-state index in [0.717, 1.165) is 25.3 Å². The Morgan fingerprint density at radius 2 is 1.95 bits per heavy atom. The molecule has 3 aliphatic carbocycles. The second-order valence-corrected chi connectivity index (χ2v) is 12.0. The van der Waals surface area contributed by atoms with Gasteiger partial charge >= 0.3 is 17.9 Å². The van der Waals surface area contributed by atoms with Crippen LogP contribution in [0.1, 0.15) is 48.9 Å². The number of benzene rings is 1. The Morgan fingerprint density at radius 3 is 2.63 bits per heavy atom. The molecule has 6 atom stereocenters. The molecule has 1 saturated heterocycles. The molecule has 1 heterocycles. The number of fused-ring (bicyclic) bond motifs is 1. The van der Waals surface area contributed by atoms with Crippen molar-refractivity contribution in [3.8, 4) is 5.75 Å². The van der Waals surface area contributed by atoms with Gasteiger partial charge in [-0.25, -0.2) is 9.18 Å². The van der Waals surface area contributed by atoms with Crippen LogP contribution in [0.25, 0.3) is 0 Å². The van der Waals surface area contributed by atoms with Crippen LogP contribution < -0.4 is 4.74 Å². The van der Waals surface area contributed by atoms with Crippen molar-refractivity contribution in [1.82, 2.24) is 0 Å². The summed E-state index contributed by atoms with van der Waals surface area (Å²) in [5.74, 6) is -6.39. The summed E-state index contributed by atoms with van der Waals surface area (Å²) in [5, 5.41) is 0. The Kier molecular flexibility index (Phi) is 6.97. The van der Waals surface area contributed by atoms with E-state index in [1.54, 1.807) is 6.08 Å². The number of hydrogen-bond acceptors (Lipinski definition) is 9. The monoisotopic (exact) mass is 552 g/mol. The number of hydrogen-bond donors (Lipinski definition) is 1. The van der Waals surface area contributed by atoms with Gasteiger partial charge in [-0.3, -0.25) is 14.1 Å². The lowest BCUT2D eigenvalue weighted by Crippen LogP contribution is -2.44. The maximum atomic E-state index is 14.6. The molecule has 0 radical (unpaired) electrons. The normalized spacial score (nSPS) is 30.9. The lowest BCUT2D eigenvalue weighted by molar-refractivity contribution is -0.155. The lowest BCUT2D eigenvalue weighted by atomic mass is 9.78. The second-order valence-electron chi connectivity index (χ2n) is 10.4. The van der Waals surface area contributed by atoms with Crippen molar-refractivity contribution in [2.75, 3.05) is 12.4 Å². The van der Waals surface area contributed by atoms with Crippen LogP contribution in [0.15, 0.2) is 30.9 Å². The smallest absolute Gasteiger partial charge is 0.338 e. The first-order valence-electron chi connectivity index (χ1n) is 12.7. The molecule has 1 aromatic rings. The SMILES string of the molecule is C=CC1(Oc2cc(C(=O)OC3C4CC5C3OC(=O)C5C4C(=O)OCCS(=O)(=O)O)ccc2F)CCCCC1. The third-order valence-corrected chi connectivity index (χ3v) is 8.88. The van der Waals surface area contributed by atoms with Crippen LogP contribution in [0.3, 0.4) is 0 Å². The lowest BCUT2D eigenvalue weighted by Gasteiger charge is -2.35. The van der Waals surface area contributed by atoms with Gasteiger partial charge in [0.05, 0.1) is 17.4 Å². The van der Waals surface area contributed by atoms with Crippen molar-refractivity contribution in [3.63, 3.8) is 0 Å². The highest BCUT2D eigenvalue weighted by Gasteiger charge is 2.70. The van der Waals surface area contributed by atoms with Crippen LogP contribution in [-0.2, 0) is 33.9 Å². The Morgan fingerprint density at radius 1 is 1.21 bits per heavy atom. The van der Waals surface area contributed by atoms with Crippen LogP contribution in [-0.4, -0.2) is 61.0 Å². The van der Waals surface area contributed by atoms with E-state index in [0.29, 0.717) is 19.3 Å². The minimum Gasteiger partial charge on any atom is -0.480 e. The number of rotatable bonds is 9. The minimum absolute atomic E-state index is 0.0346. The van der Waals surface area contributed by atoms with Crippen molar-refractivity contribution in [2.24, 2.45) is 23.7 Å². The van der Waals surface area contributed by atoms with Crippen molar-refractivity contribution in [1.29, 1.82) is 0 Å². The van der Waals surface area contributed by atoms with E-state index in [1.807, 2.05) is 0 Å². The van der Waals surface area contributed by atoms with E-state index < -0.39 is 81.8 Å². The largest absolute Gasteiger partial charge is 0.480 e. The Bertz CT molecular complexity index is 1250. The molecule has 4 aliphatic rings. The highest BCUT2D eigenvalue weighted by Crippen LogP contribution is 2.59. The van der Waals surface area contributed by atoms with Gasteiger partial charge in [-0.15, -0.1) is 0 Å². The third kappa shape index (κ3) is 4.91. The number of esters is 3. The fourth-order valence-corrected chi connectivity index (χ4v) is 6.72. The highest BCUT2D eigenvalue weighted by molar-refractivity contribution is 7.85. The summed E-state index contributed by atoms with van der Waals surface area (Å²) in [5.41, 5.74) is -0.685. The zero-order valence-corrected chi connectivity index (χ0v) is 21.4. The standard InChI is InChI=1S/C26H29FO10S/c1-2-26(8-4-3-5-9-26)37-18-12-14(6-7-17(18)27)23(28)35-21-15-13-16-20(25(30)36-22(16)21)19(15)24(29)34-10-11-38(31,32)33/h2,6-7,12,15-16,19-22H,1,3-5,8-11,13H2,(H,31,32,33). The van der Waals surface area contributed by atoms with E-state index in [1.165, 1.54) is 12.1 Å². The molecule has 0 aromatic heterocycles. The highest BCUT2D eigenvalue weighted by atomic mass is 32.2. The van der Waals surface area contributed by atoms with E-state index in [9.17, 15) is 27.2 Å². The van der Waals surface area contributed by atoms with Gasteiger partial charge in [-0.05, 0) is 56.4 Å². The van der Waals surface area contributed by atoms with Gasteiger partial charge in [-0.1, -0.05) is 13.0 Å². The average Bonchev–Trinajstić information content (AvgIpc) is 3.49. The van der Waals surface area contributed by atoms with Gasteiger partial charge in [-0.2, -0.15) is 8.42 Å². The van der Waals surface area contributed by atoms with Gasteiger partial charge < -0.3 is 18.9 Å². The number of ether oxygens (including phenoxy) is 4. The second kappa shape index (κ2) is 9.96. The summed E-state index contributed by atoms with van der Waals surface area (Å²) in [6.45, 7) is 3.27. The van der Waals surface area contributed by atoms with Gasteiger partial charge in [0.2, 0.25) is 0 Å². The van der Waals surface area contributed by atoms with Gasteiger partial charge in [0.25, 0.3) is 10.1 Å². The Hall–Kier alpha value is -2.99. The fraction of sp³-hybridized carbons (Fsp3) is 0.577. The van der Waals surface area contributed by atoms with Crippen molar-refractivity contribution in [3.05, 3.63) is 42.2 Å². The summed E-state index contributed by atoms with van der Waals surface area (Å²) in [6, 6.07) is 3.66. The molecule has 12 heteroatoms. The summed E-state index contributed by atoms with van der Waals surface area (Å²) in [7, 11) is -4.34. The third-order valence-electron chi connectivity index (χ3n) is 8.20. The summed E-state index contributed by atoms with van der Waals surface area (Å²) >= 11 is 0. The molecule has 4 fully saturated rings.